The Labute approximate surface area is 237 Å². The van der Waals surface area contributed by atoms with Gasteiger partial charge in [-0.25, -0.2) is 8.42 Å². The topological polar surface area (TPSA) is 95.6 Å². The van der Waals surface area contributed by atoms with Gasteiger partial charge in [0.2, 0.25) is 5.91 Å². The third-order valence-electron chi connectivity index (χ3n) is 5.80. The van der Waals surface area contributed by atoms with E-state index in [2.05, 4.69) is 10.6 Å². The van der Waals surface area contributed by atoms with Gasteiger partial charge in [-0.1, -0.05) is 83.9 Å². The zero-order chi connectivity index (χ0) is 27.8. The molecule has 0 bridgehead atoms. The van der Waals surface area contributed by atoms with E-state index in [4.69, 9.17) is 23.2 Å². The van der Waals surface area contributed by atoms with Crippen molar-refractivity contribution < 1.29 is 18.0 Å². The maximum absolute atomic E-state index is 13.5. The van der Waals surface area contributed by atoms with Gasteiger partial charge in [0.15, 0.2) is 0 Å². The number of hydrogen-bond acceptors (Lipinski definition) is 4. The molecule has 7 nitrogen and oxygen atoms in total. The van der Waals surface area contributed by atoms with Crippen LogP contribution in [0.5, 0.6) is 0 Å². The number of nitrogens with one attached hydrogen (secondary N) is 2. The molecule has 200 valence electrons. The average Bonchev–Trinajstić information content (AvgIpc) is 2.94. The molecule has 10 heteroatoms. The molecular formula is C29H25Cl2N3O4S. The lowest BCUT2D eigenvalue weighted by molar-refractivity contribution is -0.114. The number of carbonyl (C=O) groups excluding carboxylic acids is 2. The van der Waals surface area contributed by atoms with Crippen LogP contribution in [0.25, 0.3) is 0 Å². The predicted molar refractivity (Wildman–Crippen MR) is 155 cm³/mol. The van der Waals surface area contributed by atoms with Gasteiger partial charge in [-0.15, -0.1) is 0 Å². The van der Waals surface area contributed by atoms with Crippen LogP contribution in [0.4, 0.5) is 11.4 Å². The van der Waals surface area contributed by atoms with Crippen LogP contribution in [0, 0.1) is 0 Å². The molecule has 4 aromatic rings. The Morgan fingerprint density at radius 3 is 2.10 bits per heavy atom. The summed E-state index contributed by atoms with van der Waals surface area (Å²) in [6.07, 6.45) is 0.650. The van der Waals surface area contributed by atoms with Crippen molar-refractivity contribution >= 4 is 56.4 Å². The van der Waals surface area contributed by atoms with E-state index >= 15 is 0 Å². The molecule has 39 heavy (non-hydrogen) atoms. The molecule has 0 saturated carbocycles. The van der Waals surface area contributed by atoms with Crippen LogP contribution < -0.4 is 14.9 Å². The minimum Gasteiger partial charge on any atom is -0.352 e. The summed E-state index contributed by atoms with van der Waals surface area (Å²) in [5.41, 5.74) is 1.76. The Balaban J connectivity index is 1.53. The number of sulfonamides is 1. The van der Waals surface area contributed by atoms with Crippen LogP contribution in [-0.2, 0) is 21.2 Å². The summed E-state index contributed by atoms with van der Waals surface area (Å²) >= 11 is 12.2. The van der Waals surface area contributed by atoms with Crippen molar-refractivity contribution in [1.29, 1.82) is 0 Å². The fourth-order valence-corrected chi connectivity index (χ4v) is 5.57. The summed E-state index contributed by atoms with van der Waals surface area (Å²) in [6, 6.07) is 28.3. The lowest BCUT2D eigenvalue weighted by Gasteiger charge is -2.24. The van der Waals surface area contributed by atoms with E-state index < -0.39 is 22.5 Å². The van der Waals surface area contributed by atoms with E-state index in [0.29, 0.717) is 13.0 Å². The minimum absolute atomic E-state index is 0.00191. The van der Waals surface area contributed by atoms with E-state index in [0.717, 1.165) is 9.87 Å². The molecule has 0 aliphatic heterocycles. The Bertz CT molecular complexity index is 1570. The van der Waals surface area contributed by atoms with Crippen LogP contribution in [0.2, 0.25) is 10.0 Å². The van der Waals surface area contributed by atoms with Crippen molar-refractivity contribution in [3.63, 3.8) is 0 Å². The number of rotatable bonds is 10. The number of hydrogen-bond donors (Lipinski definition) is 2. The first-order chi connectivity index (χ1) is 18.8. The lowest BCUT2D eigenvalue weighted by atomic mass is 10.1. The third-order valence-corrected chi connectivity index (χ3v) is 8.32. The first-order valence-corrected chi connectivity index (χ1v) is 14.2. The third kappa shape index (κ3) is 7.17. The van der Waals surface area contributed by atoms with Crippen LogP contribution in [-0.4, -0.2) is 33.3 Å². The molecule has 0 aliphatic rings. The molecule has 0 radical (unpaired) electrons. The van der Waals surface area contributed by atoms with Gasteiger partial charge in [-0.05, 0) is 54.4 Å². The van der Waals surface area contributed by atoms with E-state index in [-0.39, 0.29) is 37.8 Å². The molecule has 4 aromatic carbocycles. The Morgan fingerprint density at radius 1 is 0.769 bits per heavy atom. The van der Waals surface area contributed by atoms with Gasteiger partial charge in [0.1, 0.15) is 6.54 Å². The van der Waals surface area contributed by atoms with Crippen molar-refractivity contribution in [1.82, 2.24) is 5.32 Å². The summed E-state index contributed by atoms with van der Waals surface area (Å²) in [5, 5.41) is 5.93. The van der Waals surface area contributed by atoms with Crippen molar-refractivity contribution in [3.8, 4) is 0 Å². The molecule has 0 aromatic heterocycles. The fraction of sp³-hybridized carbons (Fsp3) is 0.103. The standard InChI is InChI=1S/C29H25Cl2N3O4S/c30-25-16-15-22(19-26(25)31)34(39(37,38)23-11-5-2-6-12-23)20-28(35)33-27-14-8-7-13-24(27)29(36)32-18-17-21-9-3-1-4-10-21/h1-16,19H,17-18,20H2,(H,32,36)(H,33,35). The number of nitrogens with zero attached hydrogens (tertiary/aromatic N) is 1. The van der Waals surface area contributed by atoms with Gasteiger partial charge in [0.05, 0.1) is 31.9 Å². The molecule has 0 heterocycles. The molecule has 0 spiro atoms. The first-order valence-electron chi connectivity index (χ1n) is 12.0. The first kappa shape index (κ1) is 28.2. The fourth-order valence-electron chi connectivity index (χ4n) is 3.85. The van der Waals surface area contributed by atoms with Crippen molar-refractivity contribution in [2.75, 3.05) is 22.7 Å². The number of halogens is 2. The van der Waals surface area contributed by atoms with E-state index in [1.807, 2.05) is 30.3 Å². The van der Waals surface area contributed by atoms with Gasteiger partial charge in [-0.2, -0.15) is 0 Å². The number of amides is 2. The van der Waals surface area contributed by atoms with Crippen molar-refractivity contribution in [2.24, 2.45) is 0 Å². The minimum atomic E-state index is -4.14. The van der Waals surface area contributed by atoms with Gasteiger partial charge >= 0.3 is 0 Å². The summed E-state index contributed by atoms with van der Waals surface area (Å²) < 4.78 is 28.0. The number of para-hydroxylation sites is 1. The van der Waals surface area contributed by atoms with Gasteiger partial charge < -0.3 is 10.6 Å². The normalized spacial score (nSPS) is 11.0. The second-order valence-corrected chi connectivity index (χ2v) is 11.2. The maximum Gasteiger partial charge on any atom is 0.264 e. The molecule has 0 atom stereocenters. The summed E-state index contributed by atoms with van der Waals surface area (Å²) in [5.74, 6) is -1.01. The number of benzene rings is 4. The zero-order valence-corrected chi connectivity index (χ0v) is 23.0. The molecule has 2 amide bonds. The average molecular weight is 583 g/mol. The number of anilines is 2. The van der Waals surface area contributed by atoms with E-state index in [9.17, 15) is 18.0 Å². The molecule has 0 saturated heterocycles. The summed E-state index contributed by atoms with van der Waals surface area (Å²) in [4.78, 5) is 26.1. The largest absolute Gasteiger partial charge is 0.352 e. The lowest BCUT2D eigenvalue weighted by Crippen LogP contribution is -2.38. The van der Waals surface area contributed by atoms with Crippen LogP contribution in [0.15, 0.2) is 108 Å². The van der Waals surface area contributed by atoms with E-state index in [1.165, 1.54) is 30.3 Å². The van der Waals surface area contributed by atoms with Crippen LogP contribution in [0.3, 0.4) is 0 Å². The molecule has 0 unspecified atom stereocenters. The van der Waals surface area contributed by atoms with Crippen LogP contribution in [0.1, 0.15) is 15.9 Å². The molecular weight excluding hydrogens is 557 g/mol. The maximum atomic E-state index is 13.5. The SMILES string of the molecule is O=C(CN(c1ccc(Cl)c(Cl)c1)S(=O)(=O)c1ccccc1)Nc1ccccc1C(=O)NCCc1ccccc1. The van der Waals surface area contributed by atoms with Crippen molar-refractivity contribution in [2.45, 2.75) is 11.3 Å². The Morgan fingerprint density at radius 2 is 1.41 bits per heavy atom. The zero-order valence-electron chi connectivity index (χ0n) is 20.7. The molecule has 4 rings (SSSR count). The highest BCUT2D eigenvalue weighted by molar-refractivity contribution is 7.92. The Kier molecular flexibility index (Phi) is 9.24. The van der Waals surface area contributed by atoms with E-state index in [1.54, 1.807) is 42.5 Å². The quantitative estimate of drug-likeness (QED) is 0.247. The molecule has 0 aliphatic carbocycles. The van der Waals surface area contributed by atoms with Crippen molar-refractivity contribution in [3.05, 3.63) is 124 Å². The second kappa shape index (κ2) is 12.8. The summed E-state index contributed by atoms with van der Waals surface area (Å²) in [7, 11) is -4.14. The predicted octanol–water partition coefficient (Wildman–Crippen LogP) is 5.80. The van der Waals surface area contributed by atoms with Crippen LogP contribution >= 0.6 is 23.2 Å². The number of carbonyl (C=O) groups is 2. The molecule has 2 N–H and O–H groups in total. The highest BCUT2D eigenvalue weighted by atomic mass is 35.5. The smallest absolute Gasteiger partial charge is 0.264 e. The Hall–Kier alpha value is -3.85. The monoisotopic (exact) mass is 581 g/mol. The van der Waals surface area contributed by atoms with Gasteiger partial charge in [0.25, 0.3) is 15.9 Å². The highest BCUT2D eigenvalue weighted by Gasteiger charge is 2.28. The van der Waals surface area contributed by atoms with Gasteiger partial charge in [0, 0.05) is 6.54 Å². The highest BCUT2D eigenvalue weighted by Crippen LogP contribution is 2.30. The summed E-state index contributed by atoms with van der Waals surface area (Å²) in [6.45, 7) is -0.162. The second-order valence-electron chi connectivity index (χ2n) is 8.51. The van der Waals surface area contributed by atoms with Gasteiger partial charge in [-0.3, -0.25) is 13.9 Å². The molecule has 0 fully saturated rings.